The van der Waals surface area contributed by atoms with Crippen LogP contribution < -0.4 is 15.8 Å². The maximum Gasteiger partial charge on any atom is 0.243 e. The Hall–Kier alpha value is -1.71. The van der Waals surface area contributed by atoms with Gasteiger partial charge in [0.15, 0.2) is 11.6 Å². The quantitative estimate of drug-likeness (QED) is 0.761. The van der Waals surface area contributed by atoms with Crippen LogP contribution in [-0.2, 0) is 14.8 Å². The molecule has 0 aliphatic carbocycles. The lowest BCUT2D eigenvalue weighted by atomic mass is 9.99. The van der Waals surface area contributed by atoms with E-state index in [-0.39, 0.29) is 23.1 Å². The molecule has 0 radical (unpaired) electrons. The maximum atomic E-state index is 13.8. The van der Waals surface area contributed by atoms with Crippen molar-refractivity contribution in [1.29, 1.82) is 0 Å². The zero-order chi connectivity index (χ0) is 17.7. The number of rotatable bonds is 6. The lowest BCUT2D eigenvalue weighted by Gasteiger charge is -2.31. The van der Waals surface area contributed by atoms with Crippen molar-refractivity contribution in [3.63, 3.8) is 0 Å². The van der Waals surface area contributed by atoms with Gasteiger partial charge in [-0.2, -0.15) is 4.31 Å². The standard InChI is InChI=1S/C15H22FN3O4S/c1-23-14-5-4-12(9-13(14)16)24(21,22)19-8-2-3-11(10-19)15(20)18-7-6-17/h4-5,9,11H,2-3,6-8,10,17H2,1H3,(H,18,20). The van der Waals surface area contributed by atoms with E-state index in [1.54, 1.807) is 0 Å². The lowest BCUT2D eigenvalue weighted by molar-refractivity contribution is -0.126. The molecule has 1 saturated heterocycles. The van der Waals surface area contributed by atoms with E-state index in [1.807, 2.05) is 0 Å². The number of benzene rings is 1. The molecule has 1 unspecified atom stereocenters. The fraction of sp³-hybridized carbons (Fsp3) is 0.533. The van der Waals surface area contributed by atoms with E-state index >= 15 is 0 Å². The smallest absolute Gasteiger partial charge is 0.243 e. The van der Waals surface area contributed by atoms with Crippen LogP contribution in [0.3, 0.4) is 0 Å². The van der Waals surface area contributed by atoms with Gasteiger partial charge >= 0.3 is 0 Å². The van der Waals surface area contributed by atoms with Crippen molar-refractivity contribution in [2.75, 3.05) is 33.3 Å². The van der Waals surface area contributed by atoms with Crippen LogP contribution in [0.4, 0.5) is 4.39 Å². The van der Waals surface area contributed by atoms with Crippen molar-refractivity contribution in [2.24, 2.45) is 11.7 Å². The van der Waals surface area contributed by atoms with Gasteiger partial charge in [-0.25, -0.2) is 12.8 Å². The van der Waals surface area contributed by atoms with Gasteiger partial charge in [0.2, 0.25) is 15.9 Å². The molecule has 7 nitrogen and oxygen atoms in total. The molecule has 1 amide bonds. The second kappa shape index (κ2) is 7.91. The summed E-state index contributed by atoms with van der Waals surface area (Å²) in [5.41, 5.74) is 5.35. The predicted octanol–water partition coefficient (Wildman–Crippen LogP) is 0.310. The second-order valence-corrected chi connectivity index (χ2v) is 7.52. The molecule has 2 rings (SSSR count). The first-order valence-electron chi connectivity index (χ1n) is 7.71. The monoisotopic (exact) mass is 359 g/mol. The molecule has 1 atom stereocenters. The Morgan fingerprint density at radius 3 is 2.88 bits per heavy atom. The number of carbonyl (C=O) groups is 1. The maximum absolute atomic E-state index is 13.8. The minimum Gasteiger partial charge on any atom is -0.494 e. The highest BCUT2D eigenvalue weighted by molar-refractivity contribution is 7.89. The molecular formula is C15H22FN3O4S. The van der Waals surface area contributed by atoms with Crippen molar-refractivity contribution in [1.82, 2.24) is 9.62 Å². The number of methoxy groups -OCH3 is 1. The highest BCUT2D eigenvalue weighted by Gasteiger charge is 2.33. The van der Waals surface area contributed by atoms with Crippen molar-refractivity contribution < 1.29 is 22.3 Å². The predicted molar refractivity (Wildman–Crippen MR) is 86.5 cm³/mol. The number of halogens is 1. The average molecular weight is 359 g/mol. The van der Waals surface area contributed by atoms with E-state index in [1.165, 1.54) is 23.5 Å². The van der Waals surface area contributed by atoms with Gasteiger partial charge in [0.05, 0.1) is 17.9 Å². The number of nitrogens with two attached hydrogens (primary N) is 1. The third kappa shape index (κ3) is 4.03. The Bertz CT molecular complexity index is 696. The van der Waals surface area contributed by atoms with Crippen molar-refractivity contribution in [3.05, 3.63) is 24.0 Å². The summed E-state index contributed by atoms with van der Waals surface area (Å²) in [7, 11) is -2.56. The molecule has 134 valence electrons. The normalized spacial score (nSPS) is 19.0. The number of carbonyl (C=O) groups excluding carboxylic acids is 1. The van der Waals surface area contributed by atoms with Crippen LogP contribution >= 0.6 is 0 Å². The topological polar surface area (TPSA) is 102 Å². The van der Waals surface area contributed by atoms with Gasteiger partial charge < -0.3 is 15.8 Å². The number of amides is 1. The first kappa shape index (κ1) is 18.6. The summed E-state index contributed by atoms with van der Waals surface area (Å²) in [6.45, 7) is 1.06. The third-order valence-electron chi connectivity index (χ3n) is 3.96. The number of ether oxygens (including phenoxy) is 1. The van der Waals surface area contributed by atoms with Gasteiger partial charge in [-0.05, 0) is 31.0 Å². The molecule has 1 aromatic rings. The molecule has 0 bridgehead atoms. The van der Waals surface area contributed by atoms with Crippen LogP contribution in [-0.4, -0.2) is 51.9 Å². The summed E-state index contributed by atoms with van der Waals surface area (Å²) in [5, 5.41) is 2.68. The summed E-state index contributed by atoms with van der Waals surface area (Å²) in [4.78, 5) is 11.9. The number of piperidine rings is 1. The number of hydrogen-bond donors (Lipinski definition) is 2. The van der Waals surface area contributed by atoms with E-state index in [2.05, 4.69) is 5.32 Å². The van der Waals surface area contributed by atoms with Gasteiger partial charge in [0, 0.05) is 26.2 Å². The molecule has 0 saturated carbocycles. The molecule has 0 spiro atoms. The van der Waals surface area contributed by atoms with E-state index in [9.17, 15) is 17.6 Å². The van der Waals surface area contributed by atoms with E-state index in [4.69, 9.17) is 10.5 Å². The zero-order valence-corrected chi connectivity index (χ0v) is 14.3. The summed E-state index contributed by atoms with van der Waals surface area (Å²) in [5.74, 6) is -1.40. The van der Waals surface area contributed by atoms with Crippen molar-refractivity contribution in [3.8, 4) is 5.75 Å². The minimum absolute atomic E-state index is 0.0216. The van der Waals surface area contributed by atoms with Gasteiger partial charge in [0.25, 0.3) is 0 Å². The molecule has 9 heteroatoms. The van der Waals surface area contributed by atoms with Crippen molar-refractivity contribution >= 4 is 15.9 Å². The molecule has 3 N–H and O–H groups in total. The number of nitrogens with zero attached hydrogens (tertiary/aromatic N) is 1. The summed E-state index contributed by atoms with van der Waals surface area (Å²) in [6.07, 6.45) is 1.18. The second-order valence-electron chi connectivity index (χ2n) is 5.58. The number of hydrogen-bond acceptors (Lipinski definition) is 5. The zero-order valence-electron chi connectivity index (χ0n) is 13.5. The molecule has 0 aromatic heterocycles. The highest BCUT2D eigenvalue weighted by Crippen LogP contribution is 2.26. The fourth-order valence-corrected chi connectivity index (χ4v) is 4.21. The first-order valence-corrected chi connectivity index (χ1v) is 9.15. The SMILES string of the molecule is COc1ccc(S(=O)(=O)N2CCCC(C(=O)NCCN)C2)cc1F. The Morgan fingerprint density at radius 2 is 2.25 bits per heavy atom. The van der Waals surface area contributed by atoms with Crippen LogP contribution in [0, 0.1) is 11.7 Å². The molecular weight excluding hydrogens is 337 g/mol. The van der Waals surface area contributed by atoms with Crippen LogP contribution in [0.25, 0.3) is 0 Å². The first-order chi connectivity index (χ1) is 11.4. The van der Waals surface area contributed by atoms with Crippen LogP contribution in [0.2, 0.25) is 0 Å². The Labute approximate surface area is 141 Å². The van der Waals surface area contributed by atoms with Crippen LogP contribution in [0.1, 0.15) is 12.8 Å². The summed E-state index contributed by atoms with van der Waals surface area (Å²) in [6, 6.07) is 3.51. The van der Waals surface area contributed by atoms with Gasteiger partial charge in [-0.3, -0.25) is 4.79 Å². The van der Waals surface area contributed by atoms with E-state index < -0.39 is 21.8 Å². The molecule has 1 heterocycles. The Morgan fingerprint density at radius 1 is 1.50 bits per heavy atom. The highest BCUT2D eigenvalue weighted by atomic mass is 32.2. The van der Waals surface area contributed by atoms with Crippen LogP contribution in [0.5, 0.6) is 5.75 Å². The van der Waals surface area contributed by atoms with Gasteiger partial charge in [-0.15, -0.1) is 0 Å². The Kier molecular flexibility index (Phi) is 6.14. The lowest BCUT2D eigenvalue weighted by Crippen LogP contribution is -2.46. The Balaban J connectivity index is 2.16. The fourth-order valence-electron chi connectivity index (χ4n) is 2.67. The number of sulfonamides is 1. The van der Waals surface area contributed by atoms with E-state index in [0.29, 0.717) is 32.5 Å². The minimum atomic E-state index is -3.86. The van der Waals surface area contributed by atoms with Gasteiger partial charge in [-0.1, -0.05) is 0 Å². The summed E-state index contributed by atoms with van der Waals surface area (Å²) < 4.78 is 45.2. The molecule has 1 aliphatic rings. The molecule has 1 fully saturated rings. The molecule has 1 aliphatic heterocycles. The number of nitrogens with one attached hydrogen (secondary N) is 1. The largest absolute Gasteiger partial charge is 0.494 e. The molecule has 1 aromatic carbocycles. The third-order valence-corrected chi connectivity index (χ3v) is 5.82. The molecule has 24 heavy (non-hydrogen) atoms. The average Bonchev–Trinajstić information content (AvgIpc) is 2.59. The van der Waals surface area contributed by atoms with E-state index in [0.717, 1.165) is 6.07 Å². The van der Waals surface area contributed by atoms with Crippen molar-refractivity contribution in [2.45, 2.75) is 17.7 Å². The summed E-state index contributed by atoms with van der Waals surface area (Å²) >= 11 is 0. The van der Waals surface area contributed by atoms with Gasteiger partial charge in [0.1, 0.15) is 0 Å². The van der Waals surface area contributed by atoms with Crippen LogP contribution in [0.15, 0.2) is 23.1 Å².